The van der Waals surface area contributed by atoms with Crippen LogP contribution >= 0.6 is 0 Å². The number of fused-ring (bicyclic) bond motifs is 1. The first kappa shape index (κ1) is 14.3. The molecule has 0 radical (unpaired) electrons. The highest BCUT2D eigenvalue weighted by molar-refractivity contribution is 5.92. The van der Waals surface area contributed by atoms with Crippen molar-refractivity contribution in [1.29, 1.82) is 0 Å². The Morgan fingerprint density at radius 3 is 3.00 bits per heavy atom. The minimum Gasteiger partial charge on any atom is -0.347 e. The molecule has 1 aliphatic rings. The van der Waals surface area contributed by atoms with Crippen molar-refractivity contribution in [2.45, 2.75) is 12.8 Å². The second-order valence-corrected chi connectivity index (χ2v) is 5.26. The summed E-state index contributed by atoms with van der Waals surface area (Å²) in [5.74, 6) is 0.644. The lowest BCUT2D eigenvalue weighted by atomic mass is 10.0. The van der Waals surface area contributed by atoms with Gasteiger partial charge in [0.1, 0.15) is 11.5 Å². The summed E-state index contributed by atoms with van der Waals surface area (Å²) in [6.45, 7) is 4.96. The topological polar surface area (TPSA) is 45.2 Å². The van der Waals surface area contributed by atoms with Gasteiger partial charge in [0.15, 0.2) is 0 Å². The number of nitrogens with zero attached hydrogens (tertiary/aromatic N) is 2. The number of anilines is 2. The van der Waals surface area contributed by atoms with Crippen LogP contribution in [0.2, 0.25) is 0 Å². The smallest absolute Gasteiger partial charge is 0.270 e. The van der Waals surface area contributed by atoms with E-state index in [-0.39, 0.29) is 5.91 Å². The summed E-state index contributed by atoms with van der Waals surface area (Å²) in [5.41, 5.74) is 2.95. The van der Waals surface area contributed by atoms with Crippen LogP contribution in [-0.4, -0.2) is 24.0 Å². The number of aryl methyl sites for hydroxylation is 1. The van der Waals surface area contributed by atoms with E-state index < -0.39 is 0 Å². The number of para-hydroxylation sites is 1. The van der Waals surface area contributed by atoms with E-state index in [4.69, 9.17) is 0 Å². The molecule has 1 aromatic carbocycles. The molecule has 0 unspecified atom stereocenters. The van der Waals surface area contributed by atoms with Gasteiger partial charge in [0.05, 0.1) is 0 Å². The number of nitrogens with one attached hydrogen (secondary N) is 1. The SMILES string of the molecule is C=CCNC(=O)c1cccc(N2CCCc3ccccc32)n1. The molecule has 0 saturated heterocycles. The Morgan fingerprint density at radius 2 is 2.14 bits per heavy atom. The van der Waals surface area contributed by atoms with Crippen molar-refractivity contribution in [3.8, 4) is 0 Å². The van der Waals surface area contributed by atoms with E-state index in [1.807, 2.05) is 18.2 Å². The molecule has 2 heterocycles. The third kappa shape index (κ3) is 2.86. The van der Waals surface area contributed by atoms with Crippen molar-refractivity contribution < 1.29 is 4.79 Å². The van der Waals surface area contributed by atoms with Gasteiger partial charge in [-0.1, -0.05) is 30.3 Å². The number of rotatable bonds is 4. The second-order valence-electron chi connectivity index (χ2n) is 5.26. The standard InChI is InChI=1S/C18H19N3O/c1-2-12-19-18(22)15-9-5-11-17(20-15)21-13-6-8-14-7-3-4-10-16(14)21/h2-5,7,9-11H,1,6,8,12-13H2,(H,19,22). The Labute approximate surface area is 130 Å². The second kappa shape index (κ2) is 6.43. The zero-order valence-corrected chi connectivity index (χ0v) is 12.5. The van der Waals surface area contributed by atoms with E-state index in [0.717, 1.165) is 25.2 Å². The summed E-state index contributed by atoms with van der Waals surface area (Å²) in [6, 6.07) is 13.9. The first-order valence-electron chi connectivity index (χ1n) is 7.51. The molecule has 1 aliphatic heterocycles. The summed E-state index contributed by atoms with van der Waals surface area (Å²) >= 11 is 0. The van der Waals surface area contributed by atoms with Gasteiger partial charge in [-0.05, 0) is 36.6 Å². The molecule has 1 N–H and O–H groups in total. The Balaban J connectivity index is 1.90. The fourth-order valence-corrected chi connectivity index (χ4v) is 2.73. The van der Waals surface area contributed by atoms with E-state index in [2.05, 4.69) is 40.0 Å². The normalized spacial score (nSPS) is 13.4. The Morgan fingerprint density at radius 1 is 1.27 bits per heavy atom. The van der Waals surface area contributed by atoms with E-state index in [1.54, 1.807) is 12.1 Å². The summed E-state index contributed by atoms with van der Waals surface area (Å²) in [6.07, 6.45) is 3.83. The number of aromatic nitrogens is 1. The van der Waals surface area contributed by atoms with Gasteiger partial charge in [0.25, 0.3) is 5.91 Å². The van der Waals surface area contributed by atoms with E-state index >= 15 is 0 Å². The van der Waals surface area contributed by atoms with E-state index in [9.17, 15) is 4.79 Å². The molecule has 0 bridgehead atoms. The molecule has 112 valence electrons. The molecule has 0 atom stereocenters. The molecule has 2 aromatic rings. The molecule has 0 saturated carbocycles. The van der Waals surface area contributed by atoms with Gasteiger partial charge in [0, 0.05) is 18.8 Å². The summed E-state index contributed by atoms with van der Waals surface area (Å²) in [5, 5.41) is 2.76. The minimum absolute atomic E-state index is 0.174. The number of carbonyl (C=O) groups is 1. The number of hydrogen-bond donors (Lipinski definition) is 1. The predicted octanol–water partition coefficient (Wildman–Crippen LogP) is 3.08. The monoisotopic (exact) mass is 293 g/mol. The first-order valence-corrected chi connectivity index (χ1v) is 7.51. The maximum Gasteiger partial charge on any atom is 0.270 e. The zero-order chi connectivity index (χ0) is 15.4. The molecule has 3 rings (SSSR count). The van der Waals surface area contributed by atoms with Gasteiger partial charge in [-0.3, -0.25) is 4.79 Å². The van der Waals surface area contributed by atoms with Crippen molar-refractivity contribution in [3.63, 3.8) is 0 Å². The minimum atomic E-state index is -0.174. The number of pyridine rings is 1. The van der Waals surface area contributed by atoms with Crippen LogP contribution in [0, 0.1) is 0 Å². The van der Waals surface area contributed by atoms with Crippen LogP contribution in [0.1, 0.15) is 22.5 Å². The van der Waals surface area contributed by atoms with Crippen LogP contribution in [0.15, 0.2) is 55.1 Å². The lowest BCUT2D eigenvalue weighted by Gasteiger charge is -2.30. The molecule has 4 nitrogen and oxygen atoms in total. The molecule has 1 aromatic heterocycles. The van der Waals surface area contributed by atoms with Gasteiger partial charge in [0.2, 0.25) is 0 Å². The fraction of sp³-hybridized carbons (Fsp3) is 0.222. The number of carbonyl (C=O) groups excluding carboxylic acids is 1. The first-order chi connectivity index (χ1) is 10.8. The number of benzene rings is 1. The van der Waals surface area contributed by atoms with Crippen molar-refractivity contribution in [1.82, 2.24) is 10.3 Å². The highest BCUT2D eigenvalue weighted by atomic mass is 16.1. The zero-order valence-electron chi connectivity index (χ0n) is 12.5. The van der Waals surface area contributed by atoms with Crippen LogP contribution in [0.4, 0.5) is 11.5 Å². The molecular weight excluding hydrogens is 274 g/mol. The van der Waals surface area contributed by atoms with Crippen molar-refractivity contribution in [2.24, 2.45) is 0 Å². The maximum atomic E-state index is 12.0. The highest BCUT2D eigenvalue weighted by Crippen LogP contribution is 2.32. The number of amides is 1. The van der Waals surface area contributed by atoms with Crippen LogP contribution in [-0.2, 0) is 6.42 Å². The van der Waals surface area contributed by atoms with Crippen LogP contribution in [0.25, 0.3) is 0 Å². The lowest BCUT2D eigenvalue weighted by molar-refractivity contribution is 0.0953. The van der Waals surface area contributed by atoms with Gasteiger partial charge in [-0.25, -0.2) is 4.98 Å². The van der Waals surface area contributed by atoms with Crippen molar-refractivity contribution >= 4 is 17.4 Å². The maximum absolute atomic E-state index is 12.0. The van der Waals surface area contributed by atoms with Crippen LogP contribution in [0.3, 0.4) is 0 Å². The van der Waals surface area contributed by atoms with Gasteiger partial charge in [-0.2, -0.15) is 0 Å². The fourth-order valence-electron chi connectivity index (χ4n) is 2.73. The van der Waals surface area contributed by atoms with Crippen molar-refractivity contribution in [2.75, 3.05) is 18.0 Å². The molecular formula is C18H19N3O. The average molecular weight is 293 g/mol. The van der Waals surface area contributed by atoms with Crippen LogP contribution in [0.5, 0.6) is 0 Å². The van der Waals surface area contributed by atoms with Gasteiger partial charge >= 0.3 is 0 Å². The molecule has 0 fully saturated rings. The Bertz CT molecular complexity index is 696. The molecule has 1 amide bonds. The lowest BCUT2D eigenvalue weighted by Crippen LogP contribution is -2.27. The third-order valence-corrected chi connectivity index (χ3v) is 3.76. The molecule has 22 heavy (non-hydrogen) atoms. The molecule has 4 heteroatoms. The summed E-state index contributed by atoms with van der Waals surface area (Å²) < 4.78 is 0. The highest BCUT2D eigenvalue weighted by Gasteiger charge is 2.19. The van der Waals surface area contributed by atoms with Crippen LogP contribution < -0.4 is 10.2 Å². The molecule has 0 aliphatic carbocycles. The Hall–Kier alpha value is -2.62. The largest absolute Gasteiger partial charge is 0.347 e. The predicted molar refractivity (Wildman–Crippen MR) is 88.5 cm³/mol. The Kier molecular flexibility index (Phi) is 4.19. The van der Waals surface area contributed by atoms with Crippen molar-refractivity contribution in [3.05, 3.63) is 66.4 Å². The third-order valence-electron chi connectivity index (χ3n) is 3.76. The summed E-state index contributed by atoms with van der Waals surface area (Å²) in [4.78, 5) is 18.8. The summed E-state index contributed by atoms with van der Waals surface area (Å²) in [7, 11) is 0. The van der Waals surface area contributed by atoms with Gasteiger partial charge in [-0.15, -0.1) is 6.58 Å². The molecule has 0 spiro atoms. The van der Waals surface area contributed by atoms with E-state index in [0.29, 0.717) is 12.2 Å². The quantitative estimate of drug-likeness (QED) is 0.881. The van der Waals surface area contributed by atoms with Gasteiger partial charge < -0.3 is 10.2 Å². The van der Waals surface area contributed by atoms with E-state index in [1.165, 1.54) is 11.3 Å². The number of hydrogen-bond acceptors (Lipinski definition) is 3. The average Bonchev–Trinajstić information content (AvgIpc) is 2.59.